The Bertz CT molecular complexity index is 299. The van der Waals surface area contributed by atoms with Gasteiger partial charge in [0.15, 0.2) is 0 Å². The molecule has 0 saturated carbocycles. The maximum absolute atomic E-state index is 10.5. The maximum Gasteiger partial charge on any atom is 0.305 e. The number of ether oxygens (including phenoxy) is 4. The topological polar surface area (TPSA) is 112 Å². The fraction of sp³-hybridized carbons (Fsp3) is 0.867. The van der Waals surface area contributed by atoms with Crippen LogP contribution in [0.15, 0.2) is 0 Å². The van der Waals surface area contributed by atoms with Crippen LogP contribution < -0.4 is 0 Å². The first-order chi connectivity index (χ1) is 11.0. The Labute approximate surface area is 136 Å². The summed E-state index contributed by atoms with van der Waals surface area (Å²) in [5, 5.41) is 17.3. The van der Waals surface area contributed by atoms with Crippen molar-refractivity contribution >= 4 is 11.9 Å². The highest BCUT2D eigenvalue weighted by Crippen LogP contribution is 2.21. The van der Waals surface area contributed by atoms with E-state index in [9.17, 15) is 9.59 Å². The molecular weight excluding hydrogens is 308 g/mol. The van der Waals surface area contributed by atoms with Crippen molar-refractivity contribution in [3.05, 3.63) is 0 Å². The minimum absolute atomic E-state index is 0.0841. The maximum atomic E-state index is 10.5. The van der Waals surface area contributed by atoms with Crippen molar-refractivity contribution in [2.45, 2.75) is 26.7 Å². The van der Waals surface area contributed by atoms with E-state index in [0.29, 0.717) is 26.4 Å². The predicted molar refractivity (Wildman–Crippen MR) is 81.6 cm³/mol. The molecule has 136 valence electrons. The van der Waals surface area contributed by atoms with Gasteiger partial charge in [0.25, 0.3) is 0 Å². The van der Waals surface area contributed by atoms with Crippen molar-refractivity contribution in [2.75, 3.05) is 52.9 Å². The second-order valence-corrected chi connectivity index (χ2v) is 5.17. The van der Waals surface area contributed by atoms with Crippen LogP contribution >= 0.6 is 0 Å². The average molecular weight is 336 g/mol. The first-order valence-electron chi connectivity index (χ1n) is 7.70. The Morgan fingerprint density at radius 2 is 1.09 bits per heavy atom. The molecule has 0 radical (unpaired) electrons. The molecule has 0 amide bonds. The summed E-state index contributed by atoms with van der Waals surface area (Å²) in [5.74, 6) is -1.86. The molecule has 0 fully saturated rings. The highest BCUT2D eigenvalue weighted by atomic mass is 16.5. The molecule has 0 unspecified atom stereocenters. The number of rotatable bonds is 16. The fourth-order valence-electron chi connectivity index (χ4n) is 1.78. The van der Waals surface area contributed by atoms with Crippen molar-refractivity contribution in [3.63, 3.8) is 0 Å². The van der Waals surface area contributed by atoms with E-state index >= 15 is 0 Å². The Morgan fingerprint density at radius 1 is 0.739 bits per heavy atom. The van der Waals surface area contributed by atoms with Gasteiger partial charge >= 0.3 is 11.9 Å². The zero-order valence-corrected chi connectivity index (χ0v) is 13.9. The number of carbonyl (C=O) groups is 2. The van der Waals surface area contributed by atoms with E-state index in [1.54, 1.807) is 0 Å². The average Bonchev–Trinajstić information content (AvgIpc) is 2.51. The number of hydrogen-bond donors (Lipinski definition) is 2. The fourth-order valence-corrected chi connectivity index (χ4v) is 1.78. The summed E-state index contributed by atoms with van der Waals surface area (Å²) in [4.78, 5) is 21.1. The third-order valence-corrected chi connectivity index (χ3v) is 2.96. The van der Waals surface area contributed by atoms with Gasteiger partial charge in [-0.05, 0) is 13.8 Å². The molecule has 23 heavy (non-hydrogen) atoms. The van der Waals surface area contributed by atoms with Crippen LogP contribution in [0, 0.1) is 5.41 Å². The van der Waals surface area contributed by atoms with Gasteiger partial charge in [0, 0.05) is 13.2 Å². The first-order valence-corrected chi connectivity index (χ1v) is 7.70. The van der Waals surface area contributed by atoms with Gasteiger partial charge < -0.3 is 29.2 Å². The Balaban J connectivity index is 4.57. The number of aliphatic carboxylic acids is 2. The molecule has 0 aromatic carbocycles. The lowest BCUT2D eigenvalue weighted by atomic mass is 9.92. The standard InChI is InChI=1S/C15H28O8/c1-3-20-9-15(10-21-4-2,11-22-7-5-13(16)17)12-23-8-6-14(18)19/h3-12H2,1-2H3,(H,16,17)(H,18,19). The molecule has 0 aromatic heterocycles. The third-order valence-electron chi connectivity index (χ3n) is 2.96. The Hall–Kier alpha value is -1.22. The molecule has 0 aliphatic heterocycles. The van der Waals surface area contributed by atoms with Gasteiger partial charge in [-0.1, -0.05) is 0 Å². The molecule has 0 aromatic rings. The molecule has 0 aliphatic carbocycles. The molecule has 0 heterocycles. The zero-order chi connectivity index (χ0) is 17.6. The second kappa shape index (κ2) is 13.2. The lowest BCUT2D eigenvalue weighted by Gasteiger charge is -2.32. The number of carboxylic acids is 2. The molecule has 0 saturated heterocycles. The smallest absolute Gasteiger partial charge is 0.305 e. The van der Waals surface area contributed by atoms with Crippen molar-refractivity contribution < 1.29 is 38.7 Å². The van der Waals surface area contributed by atoms with Gasteiger partial charge in [0.05, 0.1) is 57.9 Å². The van der Waals surface area contributed by atoms with Gasteiger partial charge in [0.2, 0.25) is 0 Å². The second-order valence-electron chi connectivity index (χ2n) is 5.17. The summed E-state index contributed by atoms with van der Waals surface area (Å²) >= 11 is 0. The van der Waals surface area contributed by atoms with Gasteiger partial charge in [-0.15, -0.1) is 0 Å². The summed E-state index contributed by atoms with van der Waals surface area (Å²) in [6, 6.07) is 0. The van der Waals surface area contributed by atoms with Crippen LogP contribution in [0.2, 0.25) is 0 Å². The van der Waals surface area contributed by atoms with Crippen LogP contribution in [0.5, 0.6) is 0 Å². The SMILES string of the molecule is CCOCC(COCC)(COCCC(=O)O)COCCC(=O)O. The van der Waals surface area contributed by atoms with Crippen molar-refractivity contribution in [3.8, 4) is 0 Å². The lowest BCUT2D eigenvalue weighted by Crippen LogP contribution is -2.42. The molecule has 8 nitrogen and oxygen atoms in total. The van der Waals surface area contributed by atoms with Gasteiger partial charge in [-0.3, -0.25) is 9.59 Å². The van der Waals surface area contributed by atoms with Gasteiger partial charge in [-0.2, -0.15) is 0 Å². The lowest BCUT2D eigenvalue weighted by molar-refractivity contribution is -0.140. The van der Waals surface area contributed by atoms with E-state index in [1.165, 1.54) is 0 Å². The Morgan fingerprint density at radius 3 is 1.39 bits per heavy atom. The quantitative estimate of drug-likeness (QED) is 0.402. The van der Waals surface area contributed by atoms with Crippen LogP contribution in [0.25, 0.3) is 0 Å². The van der Waals surface area contributed by atoms with E-state index in [1.807, 2.05) is 13.8 Å². The van der Waals surface area contributed by atoms with E-state index < -0.39 is 17.4 Å². The van der Waals surface area contributed by atoms with Crippen molar-refractivity contribution in [2.24, 2.45) is 5.41 Å². The van der Waals surface area contributed by atoms with Crippen LogP contribution in [0.1, 0.15) is 26.7 Å². The molecule has 0 spiro atoms. The van der Waals surface area contributed by atoms with Crippen LogP contribution in [0.3, 0.4) is 0 Å². The summed E-state index contributed by atoms with van der Waals surface area (Å²) in [6.07, 6.45) is -0.168. The van der Waals surface area contributed by atoms with Crippen molar-refractivity contribution in [1.82, 2.24) is 0 Å². The summed E-state index contributed by atoms with van der Waals surface area (Å²) < 4.78 is 21.8. The van der Waals surface area contributed by atoms with Crippen molar-refractivity contribution in [1.29, 1.82) is 0 Å². The van der Waals surface area contributed by atoms with Crippen LogP contribution in [-0.2, 0) is 28.5 Å². The number of hydrogen-bond acceptors (Lipinski definition) is 6. The minimum Gasteiger partial charge on any atom is -0.481 e. The van der Waals surface area contributed by atoms with E-state index in [-0.39, 0.29) is 39.3 Å². The van der Waals surface area contributed by atoms with E-state index in [4.69, 9.17) is 29.2 Å². The molecule has 0 bridgehead atoms. The molecule has 0 aliphatic rings. The highest BCUT2D eigenvalue weighted by Gasteiger charge is 2.32. The summed E-state index contributed by atoms with van der Waals surface area (Å²) in [5.41, 5.74) is -0.594. The van der Waals surface area contributed by atoms with E-state index in [0.717, 1.165) is 0 Å². The monoisotopic (exact) mass is 336 g/mol. The van der Waals surface area contributed by atoms with Crippen LogP contribution in [-0.4, -0.2) is 75.0 Å². The van der Waals surface area contributed by atoms with Gasteiger partial charge in [-0.25, -0.2) is 0 Å². The third kappa shape index (κ3) is 11.9. The van der Waals surface area contributed by atoms with Gasteiger partial charge in [0.1, 0.15) is 0 Å². The predicted octanol–water partition coefficient (Wildman–Crippen LogP) is 1.03. The normalized spacial score (nSPS) is 11.6. The molecule has 0 rings (SSSR count). The largest absolute Gasteiger partial charge is 0.481 e. The number of carboxylic acid groups (broad SMARTS) is 2. The highest BCUT2D eigenvalue weighted by molar-refractivity contribution is 5.67. The molecule has 2 N–H and O–H groups in total. The summed E-state index contributed by atoms with van der Waals surface area (Å²) in [6.45, 7) is 6.00. The zero-order valence-electron chi connectivity index (χ0n) is 13.9. The van der Waals surface area contributed by atoms with Crippen LogP contribution in [0.4, 0.5) is 0 Å². The summed E-state index contributed by atoms with van der Waals surface area (Å²) in [7, 11) is 0. The molecular formula is C15H28O8. The first kappa shape index (κ1) is 21.8. The Kier molecular flexibility index (Phi) is 12.5. The van der Waals surface area contributed by atoms with E-state index in [2.05, 4.69) is 0 Å². The molecule has 8 heteroatoms. The minimum atomic E-state index is -0.928. The molecule has 0 atom stereocenters.